The van der Waals surface area contributed by atoms with Gasteiger partial charge in [0.15, 0.2) is 5.82 Å². The molecule has 0 unspecified atom stereocenters. The minimum atomic E-state index is 0.0449. The zero-order valence-corrected chi connectivity index (χ0v) is 18.8. The number of anilines is 1. The van der Waals surface area contributed by atoms with Crippen molar-refractivity contribution >= 4 is 34.2 Å². The molecule has 0 aliphatic heterocycles. The van der Waals surface area contributed by atoms with Crippen molar-refractivity contribution in [3.63, 3.8) is 0 Å². The maximum Gasteiger partial charge on any atom is 0.221 e. The lowest BCUT2D eigenvalue weighted by atomic mass is 10.1. The van der Waals surface area contributed by atoms with E-state index in [4.69, 9.17) is 21.6 Å². The molecule has 1 heterocycles. The van der Waals surface area contributed by atoms with Gasteiger partial charge in [-0.2, -0.15) is 0 Å². The maximum atomic E-state index is 12.3. The lowest BCUT2D eigenvalue weighted by Gasteiger charge is -2.27. The van der Waals surface area contributed by atoms with Crippen molar-refractivity contribution in [1.82, 2.24) is 15.3 Å². The molecule has 0 saturated carbocycles. The predicted molar refractivity (Wildman–Crippen MR) is 125 cm³/mol. The molecule has 3 aromatic rings. The summed E-state index contributed by atoms with van der Waals surface area (Å²) >= 11 is 6.26. The first-order chi connectivity index (χ1) is 14.3. The van der Waals surface area contributed by atoms with E-state index in [0.717, 1.165) is 28.8 Å². The van der Waals surface area contributed by atoms with Crippen molar-refractivity contribution in [2.45, 2.75) is 40.2 Å². The molecule has 6 heteroatoms. The molecule has 0 atom stereocenters. The summed E-state index contributed by atoms with van der Waals surface area (Å²) in [6, 6.07) is 15.7. The maximum absolute atomic E-state index is 12.3. The monoisotopic (exact) mass is 424 g/mol. The van der Waals surface area contributed by atoms with Gasteiger partial charge in [-0.05, 0) is 38.0 Å². The van der Waals surface area contributed by atoms with E-state index in [1.54, 1.807) is 0 Å². The lowest BCUT2D eigenvalue weighted by molar-refractivity contribution is -0.121. The Labute approximate surface area is 183 Å². The van der Waals surface area contributed by atoms with Crippen molar-refractivity contribution in [2.24, 2.45) is 5.92 Å². The van der Waals surface area contributed by atoms with Gasteiger partial charge in [0.25, 0.3) is 0 Å². The summed E-state index contributed by atoms with van der Waals surface area (Å²) in [7, 11) is 0. The molecule has 0 bridgehead atoms. The zero-order valence-electron chi connectivity index (χ0n) is 18.0. The summed E-state index contributed by atoms with van der Waals surface area (Å²) in [5.41, 5.74) is 1.74. The fourth-order valence-corrected chi connectivity index (χ4v) is 3.56. The van der Waals surface area contributed by atoms with E-state index in [1.165, 1.54) is 0 Å². The number of halogens is 1. The Morgan fingerprint density at radius 2 is 1.80 bits per heavy atom. The van der Waals surface area contributed by atoms with E-state index >= 15 is 0 Å². The summed E-state index contributed by atoms with van der Waals surface area (Å²) in [5.74, 6) is 1.95. The van der Waals surface area contributed by atoms with Crippen molar-refractivity contribution in [1.29, 1.82) is 0 Å². The summed E-state index contributed by atoms with van der Waals surface area (Å²) in [4.78, 5) is 24.2. The smallest absolute Gasteiger partial charge is 0.221 e. The average Bonchev–Trinajstić information content (AvgIpc) is 2.70. The van der Waals surface area contributed by atoms with Crippen LogP contribution >= 0.6 is 11.6 Å². The van der Waals surface area contributed by atoms with Crippen LogP contribution in [0, 0.1) is 5.92 Å². The second-order valence-corrected chi connectivity index (χ2v) is 8.65. The lowest BCUT2D eigenvalue weighted by Crippen LogP contribution is -2.36. The average molecular weight is 425 g/mol. The molecule has 0 saturated heterocycles. The molecule has 1 amide bonds. The minimum Gasteiger partial charge on any atom is -0.355 e. The molecule has 0 fully saturated rings. The van der Waals surface area contributed by atoms with Crippen LogP contribution in [0.2, 0.25) is 5.02 Å². The number of nitrogens with one attached hydrogen (secondary N) is 1. The normalized spacial score (nSPS) is 11.3. The molecule has 5 nitrogen and oxygen atoms in total. The van der Waals surface area contributed by atoms with Crippen LogP contribution in [0.25, 0.3) is 22.3 Å². The highest BCUT2D eigenvalue weighted by molar-refractivity contribution is 6.31. The first kappa shape index (κ1) is 22.0. The Kier molecular flexibility index (Phi) is 7.27. The Balaban J connectivity index is 2.05. The van der Waals surface area contributed by atoms with Crippen LogP contribution < -0.4 is 10.2 Å². The number of aromatic nitrogens is 2. The number of rotatable bonds is 8. The van der Waals surface area contributed by atoms with Crippen molar-refractivity contribution in [3.05, 3.63) is 53.6 Å². The highest BCUT2D eigenvalue weighted by atomic mass is 35.5. The van der Waals surface area contributed by atoms with Crippen LogP contribution in [0.15, 0.2) is 48.5 Å². The number of hydrogen-bond donors (Lipinski definition) is 1. The number of benzene rings is 2. The standard InChI is InChI=1S/C24H29ClN4O/c1-16(2)15-29(13-12-22(30)26-17(3)4)24-20-11-10-19(25)14-21(20)27-23(28-24)18-8-6-5-7-9-18/h5-11,14,16-17H,12-13,15H2,1-4H3,(H,26,30). The molecular weight excluding hydrogens is 396 g/mol. The van der Waals surface area contributed by atoms with E-state index in [-0.39, 0.29) is 11.9 Å². The van der Waals surface area contributed by atoms with Gasteiger partial charge in [0.2, 0.25) is 5.91 Å². The number of amides is 1. The number of carbonyl (C=O) groups excluding carboxylic acids is 1. The third kappa shape index (κ3) is 5.70. The highest BCUT2D eigenvalue weighted by Crippen LogP contribution is 2.30. The second kappa shape index (κ2) is 9.90. The first-order valence-electron chi connectivity index (χ1n) is 10.4. The van der Waals surface area contributed by atoms with Gasteiger partial charge in [0.1, 0.15) is 5.82 Å². The van der Waals surface area contributed by atoms with Gasteiger partial charge in [-0.3, -0.25) is 4.79 Å². The van der Waals surface area contributed by atoms with Crippen LogP contribution in [0.5, 0.6) is 0 Å². The Hall–Kier alpha value is -2.66. The molecule has 0 spiro atoms. The molecule has 1 N–H and O–H groups in total. The van der Waals surface area contributed by atoms with E-state index in [9.17, 15) is 4.79 Å². The van der Waals surface area contributed by atoms with E-state index in [2.05, 4.69) is 24.1 Å². The molecule has 0 aliphatic carbocycles. The number of hydrogen-bond acceptors (Lipinski definition) is 4. The van der Waals surface area contributed by atoms with Gasteiger partial charge in [-0.1, -0.05) is 55.8 Å². The zero-order chi connectivity index (χ0) is 21.7. The Morgan fingerprint density at radius 3 is 2.47 bits per heavy atom. The van der Waals surface area contributed by atoms with Gasteiger partial charge in [-0.15, -0.1) is 0 Å². The van der Waals surface area contributed by atoms with Crippen molar-refractivity contribution < 1.29 is 4.79 Å². The van der Waals surface area contributed by atoms with Crippen LogP contribution in [-0.2, 0) is 4.79 Å². The predicted octanol–water partition coefficient (Wildman–Crippen LogP) is 5.33. The number of fused-ring (bicyclic) bond motifs is 1. The van der Waals surface area contributed by atoms with Crippen LogP contribution in [-0.4, -0.2) is 35.0 Å². The molecule has 2 aromatic carbocycles. The van der Waals surface area contributed by atoms with Crippen molar-refractivity contribution in [2.75, 3.05) is 18.0 Å². The Bertz CT molecular complexity index is 1000. The molecule has 1 aromatic heterocycles. The fraction of sp³-hybridized carbons (Fsp3) is 0.375. The van der Waals surface area contributed by atoms with E-state index < -0.39 is 0 Å². The molecular formula is C24H29ClN4O. The molecule has 158 valence electrons. The summed E-state index contributed by atoms with van der Waals surface area (Å²) in [5, 5.41) is 4.54. The van der Waals surface area contributed by atoms with Gasteiger partial charge in [0.05, 0.1) is 5.52 Å². The van der Waals surface area contributed by atoms with Gasteiger partial charge in [0, 0.05) is 41.5 Å². The highest BCUT2D eigenvalue weighted by Gasteiger charge is 2.18. The van der Waals surface area contributed by atoms with E-state index in [1.807, 2.05) is 62.4 Å². The summed E-state index contributed by atoms with van der Waals surface area (Å²) in [6.07, 6.45) is 0.407. The van der Waals surface area contributed by atoms with Crippen LogP contribution in [0.1, 0.15) is 34.1 Å². The van der Waals surface area contributed by atoms with E-state index in [0.29, 0.717) is 29.7 Å². The molecule has 3 rings (SSSR count). The van der Waals surface area contributed by atoms with Gasteiger partial charge >= 0.3 is 0 Å². The summed E-state index contributed by atoms with van der Waals surface area (Å²) in [6.45, 7) is 9.64. The van der Waals surface area contributed by atoms with Crippen molar-refractivity contribution in [3.8, 4) is 11.4 Å². The minimum absolute atomic E-state index is 0.0449. The number of nitrogens with zero attached hydrogens (tertiary/aromatic N) is 3. The molecule has 0 aliphatic rings. The summed E-state index contributed by atoms with van der Waals surface area (Å²) < 4.78 is 0. The second-order valence-electron chi connectivity index (χ2n) is 8.21. The Morgan fingerprint density at radius 1 is 1.07 bits per heavy atom. The van der Waals surface area contributed by atoms with Gasteiger partial charge in [-0.25, -0.2) is 9.97 Å². The first-order valence-corrected chi connectivity index (χ1v) is 10.8. The SMILES string of the molecule is CC(C)CN(CCC(=O)NC(C)C)c1nc(-c2ccccc2)nc2cc(Cl)ccc12. The van der Waals surface area contributed by atoms with Crippen LogP contribution in [0.3, 0.4) is 0 Å². The fourth-order valence-electron chi connectivity index (χ4n) is 3.40. The quantitative estimate of drug-likeness (QED) is 0.531. The van der Waals surface area contributed by atoms with Gasteiger partial charge < -0.3 is 10.2 Å². The molecule has 0 radical (unpaired) electrons. The third-order valence-corrected chi connectivity index (χ3v) is 4.85. The number of carbonyl (C=O) groups is 1. The third-order valence-electron chi connectivity index (χ3n) is 4.61. The topological polar surface area (TPSA) is 58.1 Å². The molecule has 30 heavy (non-hydrogen) atoms. The van der Waals surface area contributed by atoms with Crippen LogP contribution in [0.4, 0.5) is 5.82 Å². The largest absolute Gasteiger partial charge is 0.355 e.